The summed E-state index contributed by atoms with van der Waals surface area (Å²) in [4.78, 5) is 20.3. The van der Waals surface area contributed by atoms with E-state index in [0.29, 0.717) is 42.8 Å². The average molecular weight is 583 g/mol. The lowest BCUT2D eigenvalue weighted by Gasteiger charge is -2.36. The minimum absolute atomic E-state index is 0.0779. The molecular formula is C32H31ClN6O3. The van der Waals surface area contributed by atoms with Gasteiger partial charge in [-0.1, -0.05) is 60.1 Å². The van der Waals surface area contributed by atoms with Gasteiger partial charge in [0.05, 0.1) is 30.4 Å². The van der Waals surface area contributed by atoms with Gasteiger partial charge in [-0.15, -0.1) is 0 Å². The highest BCUT2D eigenvalue weighted by molar-refractivity contribution is 6.33. The first-order chi connectivity index (χ1) is 20.5. The van der Waals surface area contributed by atoms with Crippen LogP contribution in [0.15, 0.2) is 91.4 Å². The Bertz CT molecular complexity index is 1700. The SMILES string of the molecule is COC[C@H]1Cn2cc(-c3cc(Nc4ccnn4C)ncc3Cl)cc2C(=O)N1Cc1ccccc1OCc1ccccc1. The van der Waals surface area contributed by atoms with Crippen LogP contribution >= 0.6 is 11.6 Å². The first-order valence-electron chi connectivity index (χ1n) is 13.7. The van der Waals surface area contributed by atoms with Crippen molar-refractivity contribution in [2.45, 2.75) is 25.7 Å². The molecule has 5 aromatic rings. The Balaban J connectivity index is 1.26. The molecular weight excluding hydrogens is 552 g/mol. The number of amides is 1. The molecule has 0 unspecified atom stereocenters. The van der Waals surface area contributed by atoms with Crippen LogP contribution in [0.4, 0.5) is 11.6 Å². The zero-order valence-corrected chi connectivity index (χ0v) is 24.2. The van der Waals surface area contributed by atoms with Crippen LogP contribution in [-0.2, 0) is 31.5 Å². The lowest BCUT2D eigenvalue weighted by molar-refractivity contribution is 0.0386. The number of ether oxygens (including phenoxy) is 2. The van der Waals surface area contributed by atoms with Crippen molar-refractivity contribution in [3.05, 3.63) is 113 Å². The number of nitrogens with one attached hydrogen (secondary N) is 1. The molecule has 0 bridgehead atoms. The van der Waals surface area contributed by atoms with Crippen molar-refractivity contribution in [1.29, 1.82) is 0 Å². The van der Waals surface area contributed by atoms with Crippen LogP contribution in [0.5, 0.6) is 5.75 Å². The van der Waals surface area contributed by atoms with Gasteiger partial charge in [0.15, 0.2) is 0 Å². The summed E-state index contributed by atoms with van der Waals surface area (Å²) in [5, 5.41) is 7.95. The summed E-state index contributed by atoms with van der Waals surface area (Å²) in [7, 11) is 3.51. The zero-order valence-electron chi connectivity index (χ0n) is 23.4. The van der Waals surface area contributed by atoms with E-state index in [0.717, 1.165) is 33.8 Å². The van der Waals surface area contributed by atoms with Crippen LogP contribution in [-0.4, -0.2) is 49.9 Å². The Labute approximate surface area is 249 Å². The maximum absolute atomic E-state index is 14.0. The molecule has 0 saturated carbocycles. The van der Waals surface area contributed by atoms with Gasteiger partial charge in [0, 0.05) is 55.9 Å². The fraction of sp³-hybridized carbons (Fsp3) is 0.219. The van der Waals surface area contributed by atoms with Crippen LogP contribution in [0, 0.1) is 0 Å². The number of halogens is 1. The monoisotopic (exact) mass is 582 g/mol. The number of methoxy groups -OCH3 is 1. The second-order valence-corrected chi connectivity index (χ2v) is 10.6. The van der Waals surface area contributed by atoms with E-state index in [1.807, 2.05) is 95.5 Å². The minimum Gasteiger partial charge on any atom is -0.489 e. The van der Waals surface area contributed by atoms with Crippen molar-refractivity contribution in [2.75, 3.05) is 19.0 Å². The molecule has 1 amide bonds. The van der Waals surface area contributed by atoms with Gasteiger partial charge in [0.1, 0.15) is 29.7 Å². The van der Waals surface area contributed by atoms with E-state index in [9.17, 15) is 4.79 Å². The third-order valence-electron chi connectivity index (χ3n) is 7.38. The molecule has 9 nitrogen and oxygen atoms in total. The molecule has 0 spiro atoms. The second kappa shape index (κ2) is 12.1. The number of para-hydroxylation sites is 1. The smallest absolute Gasteiger partial charge is 0.271 e. The molecule has 42 heavy (non-hydrogen) atoms. The number of benzene rings is 2. The van der Waals surface area contributed by atoms with Gasteiger partial charge >= 0.3 is 0 Å². The predicted molar refractivity (Wildman–Crippen MR) is 162 cm³/mol. The van der Waals surface area contributed by atoms with Crippen molar-refractivity contribution >= 4 is 29.1 Å². The molecule has 0 aliphatic carbocycles. The van der Waals surface area contributed by atoms with Crippen LogP contribution in [0.1, 0.15) is 21.6 Å². The molecule has 1 atom stereocenters. The molecule has 3 aromatic heterocycles. The Morgan fingerprint density at radius 3 is 2.67 bits per heavy atom. The highest BCUT2D eigenvalue weighted by Crippen LogP contribution is 2.34. The molecule has 6 rings (SSSR count). The van der Waals surface area contributed by atoms with Crippen molar-refractivity contribution in [3.63, 3.8) is 0 Å². The van der Waals surface area contributed by atoms with Crippen molar-refractivity contribution in [1.82, 2.24) is 24.2 Å². The van der Waals surface area contributed by atoms with Gasteiger partial charge in [-0.25, -0.2) is 4.98 Å². The van der Waals surface area contributed by atoms with E-state index >= 15 is 0 Å². The molecule has 0 fully saturated rings. The first kappa shape index (κ1) is 27.6. The number of pyridine rings is 1. The first-order valence-corrected chi connectivity index (χ1v) is 14.0. The summed E-state index contributed by atoms with van der Waals surface area (Å²) in [5.74, 6) is 2.10. The van der Waals surface area contributed by atoms with Gasteiger partial charge in [-0.05, 0) is 23.8 Å². The van der Waals surface area contributed by atoms with Crippen LogP contribution in [0.3, 0.4) is 0 Å². The summed E-state index contributed by atoms with van der Waals surface area (Å²) in [6.07, 6.45) is 5.29. The third-order valence-corrected chi connectivity index (χ3v) is 7.68. The summed E-state index contributed by atoms with van der Waals surface area (Å²) < 4.78 is 15.5. The summed E-state index contributed by atoms with van der Waals surface area (Å²) in [5.41, 5.74) is 4.22. The molecule has 1 N–H and O–H groups in total. The number of carbonyl (C=O) groups is 1. The summed E-state index contributed by atoms with van der Waals surface area (Å²) in [6.45, 7) is 1.84. The predicted octanol–water partition coefficient (Wildman–Crippen LogP) is 5.93. The quantitative estimate of drug-likeness (QED) is 0.220. The molecule has 214 valence electrons. The lowest BCUT2D eigenvalue weighted by atomic mass is 10.1. The van der Waals surface area contributed by atoms with Gasteiger partial charge < -0.3 is 24.3 Å². The van der Waals surface area contributed by atoms with E-state index in [4.69, 9.17) is 21.1 Å². The zero-order chi connectivity index (χ0) is 29.1. The van der Waals surface area contributed by atoms with Gasteiger partial charge in [0.2, 0.25) is 0 Å². The highest BCUT2D eigenvalue weighted by atomic mass is 35.5. The molecule has 4 heterocycles. The molecule has 1 aliphatic rings. The van der Waals surface area contributed by atoms with Crippen LogP contribution in [0.25, 0.3) is 11.1 Å². The van der Waals surface area contributed by atoms with E-state index in [1.54, 1.807) is 24.2 Å². The lowest BCUT2D eigenvalue weighted by Crippen LogP contribution is -2.49. The van der Waals surface area contributed by atoms with Crippen molar-refractivity contribution < 1.29 is 14.3 Å². The summed E-state index contributed by atoms with van der Waals surface area (Å²) in [6, 6.07) is 23.4. The highest BCUT2D eigenvalue weighted by Gasteiger charge is 2.34. The second-order valence-electron chi connectivity index (χ2n) is 10.2. The van der Waals surface area contributed by atoms with E-state index in [-0.39, 0.29) is 11.9 Å². The Morgan fingerprint density at radius 2 is 1.88 bits per heavy atom. The number of nitrogens with zero attached hydrogens (tertiary/aromatic N) is 5. The minimum atomic E-state index is -0.160. The number of aromatic nitrogens is 4. The van der Waals surface area contributed by atoms with E-state index in [1.165, 1.54) is 0 Å². The normalized spacial score (nSPS) is 14.6. The number of aryl methyl sites for hydroxylation is 1. The van der Waals surface area contributed by atoms with Crippen LogP contribution < -0.4 is 10.1 Å². The van der Waals surface area contributed by atoms with Gasteiger partial charge in [0.25, 0.3) is 5.91 Å². The van der Waals surface area contributed by atoms with Crippen molar-refractivity contribution in [2.24, 2.45) is 7.05 Å². The Kier molecular flexibility index (Phi) is 7.94. The van der Waals surface area contributed by atoms with Gasteiger partial charge in [-0.2, -0.15) is 5.10 Å². The Morgan fingerprint density at radius 1 is 1.07 bits per heavy atom. The largest absolute Gasteiger partial charge is 0.489 e. The van der Waals surface area contributed by atoms with E-state index < -0.39 is 0 Å². The average Bonchev–Trinajstić information content (AvgIpc) is 3.62. The van der Waals surface area contributed by atoms with Crippen LogP contribution in [0.2, 0.25) is 5.02 Å². The topological polar surface area (TPSA) is 86.4 Å². The summed E-state index contributed by atoms with van der Waals surface area (Å²) >= 11 is 6.60. The molecule has 0 radical (unpaired) electrons. The van der Waals surface area contributed by atoms with E-state index in [2.05, 4.69) is 15.4 Å². The fourth-order valence-corrected chi connectivity index (χ4v) is 5.42. The standard InChI is InChI=1S/C32H31ClN6O3/c1-37-31(12-13-35-37)36-30-15-26(27(33)16-34-30)24-14-28-32(40)39(25(21-41-2)19-38(28)17-24)18-23-10-6-7-11-29(23)42-20-22-8-4-3-5-9-22/h3-17,25H,18-21H2,1-2H3,(H,34,36)/t25-/m1/s1. The molecule has 0 saturated heterocycles. The number of carbonyl (C=O) groups excluding carboxylic acids is 1. The molecule has 2 aromatic carbocycles. The maximum Gasteiger partial charge on any atom is 0.271 e. The van der Waals surface area contributed by atoms with Crippen molar-refractivity contribution in [3.8, 4) is 16.9 Å². The number of hydrogen-bond donors (Lipinski definition) is 1. The number of fused-ring (bicyclic) bond motifs is 1. The maximum atomic E-state index is 14.0. The fourth-order valence-electron chi connectivity index (χ4n) is 5.21. The molecule has 10 heteroatoms. The number of rotatable bonds is 10. The number of anilines is 2. The van der Waals surface area contributed by atoms with Gasteiger partial charge in [-0.3, -0.25) is 9.48 Å². The number of hydrogen-bond acceptors (Lipinski definition) is 6. The third kappa shape index (κ3) is 5.74. The molecule has 1 aliphatic heterocycles. The Hall–Kier alpha value is -4.60.